The minimum atomic E-state index is -0.402. The number of pyridine rings is 1. The average molecular weight is 494 g/mol. The molecule has 0 unspecified atom stereocenters. The summed E-state index contributed by atoms with van der Waals surface area (Å²) in [5.41, 5.74) is 4.89. The van der Waals surface area contributed by atoms with E-state index in [9.17, 15) is 9.59 Å². The minimum absolute atomic E-state index is 0.0625. The number of rotatable bonds is 9. The second-order valence-electron chi connectivity index (χ2n) is 8.58. The Morgan fingerprint density at radius 2 is 1.97 bits per heavy atom. The molecule has 1 saturated heterocycles. The molecule has 1 aromatic carbocycles. The number of alkyl carbamates (subject to hydrolysis) is 1. The third kappa shape index (κ3) is 7.02. The van der Waals surface area contributed by atoms with Crippen LogP contribution in [0.4, 0.5) is 10.6 Å². The molecule has 0 radical (unpaired) electrons. The summed E-state index contributed by atoms with van der Waals surface area (Å²) in [5.74, 6) is 1.27. The molecule has 35 heavy (non-hydrogen) atoms. The zero-order chi connectivity index (χ0) is 24.5. The molecule has 2 amide bonds. The maximum atomic E-state index is 12.3. The molecule has 3 heterocycles. The molecule has 3 aromatic rings. The lowest BCUT2D eigenvalue weighted by Crippen LogP contribution is -2.39. The summed E-state index contributed by atoms with van der Waals surface area (Å²) >= 11 is 1.48. The Balaban J connectivity index is 1.28. The Morgan fingerprint density at radius 3 is 2.74 bits per heavy atom. The van der Waals surface area contributed by atoms with Gasteiger partial charge < -0.3 is 20.3 Å². The molecular formula is C26H31N5O3S. The summed E-state index contributed by atoms with van der Waals surface area (Å²) in [6, 6.07) is 13.6. The average Bonchev–Trinajstić information content (AvgIpc) is 3.43. The molecule has 0 aliphatic carbocycles. The van der Waals surface area contributed by atoms with Gasteiger partial charge in [0.1, 0.15) is 12.4 Å². The van der Waals surface area contributed by atoms with Crippen molar-refractivity contribution in [2.45, 2.75) is 32.8 Å². The van der Waals surface area contributed by atoms with Gasteiger partial charge in [-0.15, -0.1) is 11.3 Å². The monoisotopic (exact) mass is 493 g/mol. The quantitative estimate of drug-likeness (QED) is 0.456. The Kier molecular flexibility index (Phi) is 8.67. The number of carbonyl (C=O) groups is 2. The summed E-state index contributed by atoms with van der Waals surface area (Å²) in [6.07, 6.45) is 2.43. The van der Waals surface area contributed by atoms with Crippen molar-refractivity contribution in [3.8, 4) is 11.3 Å². The van der Waals surface area contributed by atoms with E-state index in [-0.39, 0.29) is 12.5 Å². The summed E-state index contributed by atoms with van der Waals surface area (Å²) in [6.45, 7) is 5.24. The number of carbonyl (C=O) groups excluding carboxylic acids is 2. The van der Waals surface area contributed by atoms with E-state index in [1.807, 2.05) is 54.8 Å². The lowest BCUT2D eigenvalue weighted by molar-refractivity contribution is 0.0953. The number of ether oxygens (including phenoxy) is 1. The fourth-order valence-electron chi connectivity index (χ4n) is 4.01. The van der Waals surface area contributed by atoms with Crippen LogP contribution in [-0.2, 0) is 11.3 Å². The molecule has 4 rings (SSSR count). The highest BCUT2D eigenvalue weighted by Gasteiger charge is 2.21. The fourth-order valence-corrected chi connectivity index (χ4v) is 4.56. The molecule has 2 aromatic heterocycles. The SMILES string of the molecule is CCCNC(=O)c1cccc(-c2cccc(N3CCC(CNC(=O)OCc4cscn4)CC3)n2)c1. The molecule has 0 saturated carbocycles. The van der Waals surface area contributed by atoms with Gasteiger partial charge in [0.05, 0.1) is 16.9 Å². The number of benzene rings is 1. The summed E-state index contributed by atoms with van der Waals surface area (Å²) in [4.78, 5) is 35.6. The molecule has 0 bridgehead atoms. The largest absolute Gasteiger partial charge is 0.443 e. The number of hydrogen-bond donors (Lipinski definition) is 2. The second kappa shape index (κ2) is 12.3. The van der Waals surface area contributed by atoms with E-state index < -0.39 is 6.09 Å². The first-order valence-electron chi connectivity index (χ1n) is 12.0. The van der Waals surface area contributed by atoms with Crippen molar-refractivity contribution in [1.82, 2.24) is 20.6 Å². The maximum absolute atomic E-state index is 12.3. The number of nitrogens with one attached hydrogen (secondary N) is 2. The van der Waals surface area contributed by atoms with E-state index in [0.29, 0.717) is 24.6 Å². The van der Waals surface area contributed by atoms with E-state index >= 15 is 0 Å². The van der Waals surface area contributed by atoms with Gasteiger partial charge in [-0.2, -0.15) is 0 Å². The molecule has 1 fully saturated rings. The van der Waals surface area contributed by atoms with Gasteiger partial charge in [0.25, 0.3) is 5.91 Å². The van der Waals surface area contributed by atoms with Gasteiger partial charge in [-0.05, 0) is 49.4 Å². The van der Waals surface area contributed by atoms with E-state index in [2.05, 4.69) is 20.5 Å². The van der Waals surface area contributed by atoms with Crippen LogP contribution >= 0.6 is 11.3 Å². The Labute approximate surface area is 209 Å². The van der Waals surface area contributed by atoms with Crippen LogP contribution in [0.3, 0.4) is 0 Å². The number of hydrogen-bond acceptors (Lipinski definition) is 7. The van der Waals surface area contributed by atoms with Crippen molar-refractivity contribution in [1.29, 1.82) is 0 Å². The van der Waals surface area contributed by atoms with E-state index in [4.69, 9.17) is 9.72 Å². The number of thiazole rings is 1. The molecular weight excluding hydrogens is 462 g/mol. The molecule has 2 N–H and O–H groups in total. The van der Waals surface area contributed by atoms with Gasteiger partial charge in [0, 0.05) is 42.7 Å². The normalized spacial score (nSPS) is 13.9. The van der Waals surface area contributed by atoms with Crippen molar-refractivity contribution in [2.24, 2.45) is 5.92 Å². The zero-order valence-corrected chi connectivity index (χ0v) is 20.7. The van der Waals surface area contributed by atoms with Crippen molar-refractivity contribution in [3.05, 3.63) is 64.6 Å². The lowest BCUT2D eigenvalue weighted by Gasteiger charge is -2.33. The lowest BCUT2D eigenvalue weighted by atomic mass is 9.97. The third-order valence-corrected chi connectivity index (χ3v) is 6.63. The van der Waals surface area contributed by atoms with Crippen LogP contribution in [0.5, 0.6) is 0 Å². The van der Waals surface area contributed by atoms with Crippen molar-refractivity contribution in [3.63, 3.8) is 0 Å². The molecule has 0 atom stereocenters. The summed E-state index contributed by atoms with van der Waals surface area (Å²) in [7, 11) is 0. The van der Waals surface area contributed by atoms with E-state index in [1.54, 1.807) is 5.51 Å². The van der Waals surface area contributed by atoms with Crippen LogP contribution < -0.4 is 15.5 Å². The van der Waals surface area contributed by atoms with Gasteiger partial charge >= 0.3 is 6.09 Å². The van der Waals surface area contributed by atoms with Crippen LogP contribution in [0.15, 0.2) is 53.4 Å². The van der Waals surface area contributed by atoms with Gasteiger partial charge in [-0.1, -0.05) is 25.1 Å². The smallest absolute Gasteiger partial charge is 0.407 e. The first-order valence-corrected chi connectivity index (χ1v) is 12.9. The maximum Gasteiger partial charge on any atom is 0.407 e. The second-order valence-corrected chi connectivity index (χ2v) is 9.30. The minimum Gasteiger partial charge on any atom is -0.443 e. The molecule has 184 valence electrons. The molecule has 9 heteroatoms. The van der Waals surface area contributed by atoms with Crippen LogP contribution in [0.25, 0.3) is 11.3 Å². The first-order chi connectivity index (χ1) is 17.1. The van der Waals surface area contributed by atoms with Gasteiger partial charge in [-0.3, -0.25) is 4.79 Å². The van der Waals surface area contributed by atoms with Crippen LogP contribution in [0.1, 0.15) is 42.2 Å². The standard InChI is InChI=1S/C26H31N5O3S/c1-2-11-27-25(32)21-6-3-5-20(14-21)23-7-4-8-24(30-23)31-12-9-19(10-13-31)15-28-26(33)34-16-22-17-35-18-29-22/h3-8,14,17-19H,2,9-13,15-16H2,1H3,(H,27,32)(H,28,33). The van der Waals surface area contributed by atoms with Gasteiger partial charge in [0.2, 0.25) is 0 Å². The highest BCUT2D eigenvalue weighted by molar-refractivity contribution is 7.07. The number of aromatic nitrogens is 2. The van der Waals surface area contributed by atoms with Crippen LogP contribution in [-0.4, -0.2) is 48.1 Å². The molecule has 8 nitrogen and oxygen atoms in total. The number of anilines is 1. The fraction of sp³-hybridized carbons (Fsp3) is 0.385. The first kappa shape index (κ1) is 24.7. The Bertz CT molecular complexity index is 1110. The highest BCUT2D eigenvalue weighted by atomic mass is 32.1. The molecule has 0 spiro atoms. The van der Waals surface area contributed by atoms with Crippen molar-refractivity contribution in [2.75, 3.05) is 31.1 Å². The number of amides is 2. The zero-order valence-electron chi connectivity index (χ0n) is 19.9. The van der Waals surface area contributed by atoms with Crippen LogP contribution in [0, 0.1) is 5.92 Å². The highest BCUT2D eigenvalue weighted by Crippen LogP contribution is 2.25. The number of piperidine rings is 1. The topological polar surface area (TPSA) is 96.5 Å². The number of nitrogens with zero attached hydrogens (tertiary/aromatic N) is 3. The Hall–Kier alpha value is -3.46. The predicted octanol–water partition coefficient (Wildman–Crippen LogP) is 4.49. The van der Waals surface area contributed by atoms with Crippen molar-refractivity contribution >= 4 is 29.2 Å². The Morgan fingerprint density at radius 1 is 1.14 bits per heavy atom. The van der Waals surface area contributed by atoms with Gasteiger partial charge in [0.15, 0.2) is 0 Å². The van der Waals surface area contributed by atoms with Gasteiger partial charge in [-0.25, -0.2) is 14.8 Å². The third-order valence-electron chi connectivity index (χ3n) is 6.00. The molecule has 1 aliphatic rings. The van der Waals surface area contributed by atoms with E-state index in [0.717, 1.165) is 55.1 Å². The molecule has 1 aliphatic heterocycles. The summed E-state index contributed by atoms with van der Waals surface area (Å²) < 4.78 is 5.21. The van der Waals surface area contributed by atoms with Crippen molar-refractivity contribution < 1.29 is 14.3 Å². The van der Waals surface area contributed by atoms with Crippen LogP contribution in [0.2, 0.25) is 0 Å². The van der Waals surface area contributed by atoms with E-state index in [1.165, 1.54) is 11.3 Å². The predicted molar refractivity (Wildman–Crippen MR) is 138 cm³/mol. The summed E-state index contributed by atoms with van der Waals surface area (Å²) in [5, 5.41) is 7.66.